The van der Waals surface area contributed by atoms with Gasteiger partial charge in [-0.15, -0.1) is 0 Å². The molecule has 0 bridgehead atoms. The van der Waals surface area contributed by atoms with Crippen LogP contribution in [0.4, 0.5) is 0 Å². The van der Waals surface area contributed by atoms with E-state index in [9.17, 15) is 4.79 Å². The fraction of sp³-hybridized carbons (Fsp3) is 0.333. The third-order valence-corrected chi connectivity index (χ3v) is 4.60. The summed E-state index contributed by atoms with van der Waals surface area (Å²) in [5, 5.41) is 6.33. The van der Waals surface area contributed by atoms with Gasteiger partial charge in [0.2, 0.25) is 0 Å². The van der Waals surface area contributed by atoms with E-state index in [0.29, 0.717) is 35.7 Å². The largest absolute Gasteiger partial charge is 0.490 e. The summed E-state index contributed by atoms with van der Waals surface area (Å²) in [6.07, 6.45) is 4.62. The number of nitrogens with one attached hydrogen (secondary N) is 2. The van der Waals surface area contributed by atoms with Crippen molar-refractivity contribution in [3.8, 4) is 11.5 Å². The third kappa shape index (κ3) is 6.25. The molecule has 27 heavy (non-hydrogen) atoms. The normalized spacial score (nSPS) is 13.8. The summed E-state index contributed by atoms with van der Waals surface area (Å²) in [6, 6.07) is 17.0. The van der Waals surface area contributed by atoms with E-state index in [-0.39, 0.29) is 5.91 Å². The first kappa shape index (κ1) is 19.2. The Morgan fingerprint density at radius 1 is 0.963 bits per heavy atom. The van der Waals surface area contributed by atoms with Crippen LogP contribution in [0.15, 0.2) is 54.6 Å². The topological polar surface area (TPSA) is 59.6 Å². The summed E-state index contributed by atoms with van der Waals surface area (Å²) in [7, 11) is 0. The molecule has 1 aliphatic carbocycles. The van der Waals surface area contributed by atoms with Gasteiger partial charge in [0.15, 0.2) is 5.11 Å². The Balaban J connectivity index is 1.44. The van der Waals surface area contributed by atoms with E-state index in [1.54, 1.807) is 18.2 Å². The van der Waals surface area contributed by atoms with Crippen LogP contribution < -0.4 is 20.1 Å². The Labute approximate surface area is 165 Å². The second-order valence-corrected chi connectivity index (χ2v) is 6.86. The summed E-state index contributed by atoms with van der Waals surface area (Å²) in [4.78, 5) is 12.4. The van der Waals surface area contributed by atoms with Crippen molar-refractivity contribution in [1.82, 2.24) is 10.6 Å². The standard InChI is InChI=1S/C21H24N2O3S/c24-20(23-21(27)22-17-8-4-5-9-17)16-7-6-12-19(15-16)26-14-13-25-18-10-2-1-3-11-18/h1-3,6-7,10-12,15,17H,4-5,8-9,13-14H2,(H2,22,23,24,27). The lowest BCUT2D eigenvalue weighted by Gasteiger charge is -2.15. The van der Waals surface area contributed by atoms with Gasteiger partial charge in [0.25, 0.3) is 5.91 Å². The minimum atomic E-state index is -0.239. The third-order valence-electron chi connectivity index (χ3n) is 4.38. The number of hydrogen-bond donors (Lipinski definition) is 2. The first-order chi connectivity index (χ1) is 13.2. The molecule has 2 aromatic carbocycles. The van der Waals surface area contributed by atoms with Crippen molar-refractivity contribution in [2.75, 3.05) is 13.2 Å². The molecule has 1 amide bonds. The van der Waals surface area contributed by atoms with Crippen LogP contribution in [0.3, 0.4) is 0 Å². The van der Waals surface area contributed by atoms with Crippen LogP contribution >= 0.6 is 12.2 Å². The molecule has 0 saturated heterocycles. The fourth-order valence-electron chi connectivity index (χ4n) is 3.03. The Hall–Kier alpha value is -2.60. The molecular formula is C21H24N2O3S. The lowest BCUT2D eigenvalue weighted by molar-refractivity contribution is 0.0976. The molecule has 0 aromatic heterocycles. The van der Waals surface area contributed by atoms with E-state index >= 15 is 0 Å². The number of carbonyl (C=O) groups excluding carboxylic acids is 1. The number of amides is 1. The van der Waals surface area contributed by atoms with Crippen molar-refractivity contribution in [3.05, 3.63) is 60.2 Å². The summed E-state index contributed by atoms with van der Waals surface area (Å²) in [6.45, 7) is 0.817. The quantitative estimate of drug-likeness (QED) is 0.563. The van der Waals surface area contributed by atoms with Gasteiger partial charge in [-0.2, -0.15) is 0 Å². The maximum absolute atomic E-state index is 12.4. The maximum atomic E-state index is 12.4. The summed E-state index contributed by atoms with van der Waals surface area (Å²) in [5.74, 6) is 1.18. The minimum absolute atomic E-state index is 0.239. The Bertz CT molecular complexity index is 761. The molecule has 6 heteroatoms. The molecule has 1 fully saturated rings. The van der Waals surface area contributed by atoms with Crippen molar-refractivity contribution in [3.63, 3.8) is 0 Å². The summed E-state index contributed by atoms with van der Waals surface area (Å²) >= 11 is 5.24. The Morgan fingerprint density at radius 3 is 2.37 bits per heavy atom. The van der Waals surface area contributed by atoms with Crippen molar-refractivity contribution < 1.29 is 14.3 Å². The highest BCUT2D eigenvalue weighted by molar-refractivity contribution is 7.80. The zero-order valence-corrected chi connectivity index (χ0v) is 16.0. The van der Waals surface area contributed by atoms with Crippen molar-refractivity contribution in [2.45, 2.75) is 31.7 Å². The number of benzene rings is 2. The van der Waals surface area contributed by atoms with E-state index in [1.165, 1.54) is 12.8 Å². The average Bonchev–Trinajstić information content (AvgIpc) is 3.19. The van der Waals surface area contributed by atoms with Gasteiger partial charge in [-0.1, -0.05) is 37.1 Å². The first-order valence-corrected chi connectivity index (χ1v) is 9.64. The smallest absolute Gasteiger partial charge is 0.257 e. The number of rotatable bonds is 7. The van der Waals surface area contributed by atoms with E-state index in [1.807, 2.05) is 36.4 Å². The van der Waals surface area contributed by atoms with Crippen LogP contribution in [0.5, 0.6) is 11.5 Å². The van der Waals surface area contributed by atoms with Gasteiger partial charge in [0, 0.05) is 11.6 Å². The van der Waals surface area contributed by atoms with Gasteiger partial charge >= 0.3 is 0 Å². The van der Waals surface area contributed by atoms with Gasteiger partial charge in [-0.05, 0) is 55.4 Å². The van der Waals surface area contributed by atoms with Gasteiger partial charge < -0.3 is 14.8 Å². The molecule has 0 spiro atoms. The fourth-order valence-corrected chi connectivity index (χ4v) is 3.29. The second-order valence-electron chi connectivity index (χ2n) is 6.45. The van der Waals surface area contributed by atoms with Gasteiger partial charge in [0.05, 0.1) is 0 Å². The van der Waals surface area contributed by atoms with Gasteiger partial charge in [-0.25, -0.2) is 0 Å². The van der Waals surface area contributed by atoms with Crippen LogP contribution in [-0.4, -0.2) is 30.3 Å². The molecule has 3 rings (SSSR count). The van der Waals surface area contributed by atoms with Crippen LogP contribution in [-0.2, 0) is 0 Å². The zero-order valence-electron chi connectivity index (χ0n) is 15.1. The lowest BCUT2D eigenvalue weighted by Crippen LogP contribution is -2.43. The molecule has 0 unspecified atom stereocenters. The van der Waals surface area contributed by atoms with Gasteiger partial charge in [-0.3, -0.25) is 10.1 Å². The predicted octanol–water partition coefficient (Wildman–Crippen LogP) is 3.69. The van der Waals surface area contributed by atoms with Crippen LogP contribution in [0.25, 0.3) is 0 Å². The second kappa shape index (κ2) is 9.92. The summed E-state index contributed by atoms with van der Waals surface area (Å²) in [5.41, 5.74) is 0.507. The maximum Gasteiger partial charge on any atom is 0.257 e. The predicted molar refractivity (Wildman–Crippen MR) is 109 cm³/mol. The molecule has 0 aliphatic heterocycles. The molecule has 2 N–H and O–H groups in total. The molecule has 5 nitrogen and oxygen atoms in total. The molecule has 0 heterocycles. The molecule has 2 aromatic rings. The molecule has 1 aliphatic rings. The highest BCUT2D eigenvalue weighted by Gasteiger charge is 2.17. The van der Waals surface area contributed by atoms with Gasteiger partial charge in [0.1, 0.15) is 24.7 Å². The minimum Gasteiger partial charge on any atom is -0.490 e. The monoisotopic (exact) mass is 384 g/mol. The number of carbonyl (C=O) groups is 1. The molecular weight excluding hydrogens is 360 g/mol. The molecule has 0 radical (unpaired) electrons. The molecule has 0 atom stereocenters. The van der Waals surface area contributed by atoms with Crippen LogP contribution in [0, 0.1) is 0 Å². The highest BCUT2D eigenvalue weighted by atomic mass is 32.1. The van der Waals surface area contributed by atoms with Crippen molar-refractivity contribution in [2.24, 2.45) is 0 Å². The van der Waals surface area contributed by atoms with Crippen LogP contribution in [0.1, 0.15) is 36.0 Å². The highest BCUT2D eigenvalue weighted by Crippen LogP contribution is 2.17. The molecule has 1 saturated carbocycles. The SMILES string of the molecule is O=C(NC(=S)NC1CCCC1)c1cccc(OCCOc2ccccc2)c1. The van der Waals surface area contributed by atoms with Crippen molar-refractivity contribution in [1.29, 1.82) is 0 Å². The first-order valence-electron chi connectivity index (χ1n) is 9.23. The van der Waals surface area contributed by atoms with E-state index in [2.05, 4.69) is 10.6 Å². The number of thiocarbonyl (C=S) groups is 1. The molecule has 142 valence electrons. The summed E-state index contributed by atoms with van der Waals surface area (Å²) < 4.78 is 11.3. The Morgan fingerprint density at radius 2 is 1.63 bits per heavy atom. The lowest BCUT2D eigenvalue weighted by atomic mass is 10.2. The van der Waals surface area contributed by atoms with E-state index in [0.717, 1.165) is 18.6 Å². The van der Waals surface area contributed by atoms with E-state index < -0.39 is 0 Å². The number of para-hydroxylation sites is 1. The number of hydrogen-bond acceptors (Lipinski definition) is 4. The van der Waals surface area contributed by atoms with E-state index in [4.69, 9.17) is 21.7 Å². The number of ether oxygens (including phenoxy) is 2. The Kier molecular flexibility index (Phi) is 7.04. The average molecular weight is 385 g/mol. The van der Waals surface area contributed by atoms with Crippen LogP contribution in [0.2, 0.25) is 0 Å². The van der Waals surface area contributed by atoms with Crippen molar-refractivity contribution >= 4 is 23.2 Å². The zero-order chi connectivity index (χ0) is 18.9.